The average Bonchev–Trinajstić information content (AvgIpc) is 2.46. The molecule has 1 aliphatic rings. The maximum absolute atomic E-state index is 4.66. The van der Waals surface area contributed by atoms with Crippen LogP contribution in [0.1, 0.15) is 44.6 Å². The first-order chi connectivity index (χ1) is 6.16. The van der Waals surface area contributed by atoms with Gasteiger partial charge in [-0.15, -0.1) is 0 Å². The molecule has 0 aromatic carbocycles. The van der Waals surface area contributed by atoms with Gasteiger partial charge in [-0.1, -0.05) is 20.8 Å². The van der Waals surface area contributed by atoms with Crippen LogP contribution >= 0.6 is 0 Å². The van der Waals surface area contributed by atoms with Crippen molar-refractivity contribution in [2.24, 2.45) is 5.92 Å². The van der Waals surface area contributed by atoms with Crippen LogP contribution in [0.3, 0.4) is 0 Å². The van der Waals surface area contributed by atoms with Gasteiger partial charge in [0, 0.05) is 19.2 Å². The molecule has 1 aromatic heterocycles. The molecule has 1 aliphatic heterocycles. The van der Waals surface area contributed by atoms with E-state index in [-0.39, 0.29) is 0 Å². The largest absolute Gasteiger partial charge is 0.335 e. The van der Waals surface area contributed by atoms with Gasteiger partial charge in [-0.25, -0.2) is 4.98 Å². The highest BCUT2D eigenvalue weighted by Gasteiger charge is 2.17. The van der Waals surface area contributed by atoms with Gasteiger partial charge in [-0.2, -0.15) is 0 Å². The van der Waals surface area contributed by atoms with Gasteiger partial charge < -0.3 is 4.57 Å². The third-order valence-corrected chi connectivity index (χ3v) is 2.86. The molecular formula is C11H18N2. The number of fused-ring (bicyclic) bond motifs is 1. The minimum atomic E-state index is 0.563. The zero-order chi connectivity index (χ0) is 9.42. The van der Waals surface area contributed by atoms with Crippen molar-refractivity contribution < 1.29 is 0 Å². The van der Waals surface area contributed by atoms with Crippen LogP contribution in [0.2, 0.25) is 0 Å². The van der Waals surface area contributed by atoms with Crippen molar-refractivity contribution in [3.8, 4) is 0 Å². The van der Waals surface area contributed by atoms with E-state index >= 15 is 0 Å². The number of hydrogen-bond acceptors (Lipinski definition) is 1. The van der Waals surface area contributed by atoms with E-state index in [4.69, 9.17) is 0 Å². The van der Waals surface area contributed by atoms with Gasteiger partial charge >= 0.3 is 0 Å². The number of imidazole rings is 1. The zero-order valence-corrected chi connectivity index (χ0v) is 8.75. The molecule has 0 radical (unpaired) electrons. The van der Waals surface area contributed by atoms with Gasteiger partial charge in [0.05, 0.1) is 5.69 Å². The lowest BCUT2D eigenvalue weighted by Gasteiger charge is -2.18. The van der Waals surface area contributed by atoms with Crippen LogP contribution < -0.4 is 0 Å². The molecule has 0 spiro atoms. The van der Waals surface area contributed by atoms with Crippen molar-refractivity contribution in [1.29, 1.82) is 0 Å². The van der Waals surface area contributed by atoms with Crippen LogP contribution in [0.25, 0.3) is 0 Å². The summed E-state index contributed by atoms with van der Waals surface area (Å²) in [4.78, 5) is 4.66. The number of nitrogens with zero attached hydrogens (tertiary/aromatic N) is 2. The smallest absolute Gasteiger partial charge is 0.109 e. The molecule has 0 saturated carbocycles. The molecule has 2 heteroatoms. The Morgan fingerprint density at radius 1 is 1.54 bits per heavy atom. The second kappa shape index (κ2) is 3.17. The van der Waals surface area contributed by atoms with E-state index in [1.165, 1.54) is 17.9 Å². The summed E-state index contributed by atoms with van der Waals surface area (Å²) in [7, 11) is 0. The molecule has 13 heavy (non-hydrogen) atoms. The van der Waals surface area contributed by atoms with Crippen molar-refractivity contribution in [2.45, 2.75) is 46.1 Å². The highest BCUT2D eigenvalue weighted by molar-refractivity contribution is 5.09. The molecule has 0 saturated heterocycles. The van der Waals surface area contributed by atoms with Crippen LogP contribution in [-0.2, 0) is 13.0 Å². The standard InChI is InChI=1S/C11H18N2/c1-8(2)10-7-13-5-4-9(3)6-11(13)12-10/h7-9H,4-6H2,1-3H3. The van der Waals surface area contributed by atoms with Gasteiger partial charge in [0.1, 0.15) is 5.82 Å². The third kappa shape index (κ3) is 1.62. The van der Waals surface area contributed by atoms with E-state index in [1.54, 1.807) is 0 Å². The van der Waals surface area contributed by atoms with E-state index in [1.807, 2.05) is 0 Å². The average molecular weight is 178 g/mol. The minimum absolute atomic E-state index is 0.563. The summed E-state index contributed by atoms with van der Waals surface area (Å²) in [5, 5.41) is 0. The summed E-state index contributed by atoms with van der Waals surface area (Å²) in [6, 6.07) is 0. The summed E-state index contributed by atoms with van der Waals surface area (Å²) < 4.78 is 2.33. The lowest BCUT2D eigenvalue weighted by Crippen LogP contribution is -2.16. The van der Waals surface area contributed by atoms with E-state index in [0.717, 1.165) is 18.9 Å². The summed E-state index contributed by atoms with van der Waals surface area (Å²) >= 11 is 0. The van der Waals surface area contributed by atoms with Gasteiger partial charge in [-0.3, -0.25) is 0 Å². The normalized spacial score (nSPS) is 22.0. The summed E-state index contributed by atoms with van der Waals surface area (Å²) in [6.07, 6.45) is 4.69. The highest BCUT2D eigenvalue weighted by Crippen LogP contribution is 2.22. The van der Waals surface area contributed by atoms with Crippen molar-refractivity contribution in [3.05, 3.63) is 17.7 Å². The molecule has 0 fully saturated rings. The Balaban J connectivity index is 2.28. The van der Waals surface area contributed by atoms with Gasteiger partial charge in [0.25, 0.3) is 0 Å². The summed E-state index contributed by atoms with van der Waals surface area (Å²) in [5.41, 5.74) is 1.25. The Hall–Kier alpha value is -0.790. The van der Waals surface area contributed by atoms with E-state index < -0.39 is 0 Å². The van der Waals surface area contributed by atoms with Crippen LogP contribution in [0.4, 0.5) is 0 Å². The fourth-order valence-corrected chi connectivity index (χ4v) is 1.88. The third-order valence-electron chi connectivity index (χ3n) is 2.86. The maximum Gasteiger partial charge on any atom is 0.109 e. The predicted octanol–water partition coefficient (Wildman–Crippen LogP) is 2.59. The molecule has 72 valence electrons. The first kappa shape index (κ1) is 8.79. The van der Waals surface area contributed by atoms with E-state index in [0.29, 0.717) is 5.92 Å². The number of rotatable bonds is 1. The van der Waals surface area contributed by atoms with Crippen LogP contribution in [0, 0.1) is 5.92 Å². The Bertz CT molecular complexity index is 299. The van der Waals surface area contributed by atoms with Gasteiger partial charge in [0.2, 0.25) is 0 Å². The second-order valence-electron chi connectivity index (χ2n) is 4.53. The van der Waals surface area contributed by atoms with Crippen molar-refractivity contribution in [1.82, 2.24) is 9.55 Å². The lowest BCUT2D eigenvalue weighted by molar-refractivity contribution is 0.409. The first-order valence-electron chi connectivity index (χ1n) is 5.22. The minimum Gasteiger partial charge on any atom is -0.335 e. The maximum atomic E-state index is 4.66. The van der Waals surface area contributed by atoms with Crippen molar-refractivity contribution in [2.75, 3.05) is 0 Å². The van der Waals surface area contributed by atoms with Crippen molar-refractivity contribution >= 4 is 0 Å². The predicted molar refractivity (Wildman–Crippen MR) is 53.8 cm³/mol. The Morgan fingerprint density at radius 3 is 3.00 bits per heavy atom. The molecule has 0 bridgehead atoms. The Kier molecular flexibility index (Phi) is 2.14. The summed E-state index contributed by atoms with van der Waals surface area (Å²) in [5.74, 6) is 2.67. The molecule has 2 nitrogen and oxygen atoms in total. The topological polar surface area (TPSA) is 17.8 Å². The fraction of sp³-hybridized carbons (Fsp3) is 0.727. The molecule has 1 aromatic rings. The number of aromatic nitrogens is 2. The molecule has 0 aliphatic carbocycles. The zero-order valence-electron chi connectivity index (χ0n) is 8.75. The summed E-state index contributed by atoms with van der Waals surface area (Å²) in [6.45, 7) is 7.89. The van der Waals surface area contributed by atoms with Gasteiger partial charge in [-0.05, 0) is 18.3 Å². The van der Waals surface area contributed by atoms with Crippen LogP contribution in [0.15, 0.2) is 6.20 Å². The molecule has 2 rings (SSSR count). The second-order valence-corrected chi connectivity index (χ2v) is 4.53. The first-order valence-corrected chi connectivity index (χ1v) is 5.22. The Labute approximate surface area is 80.0 Å². The number of hydrogen-bond donors (Lipinski definition) is 0. The van der Waals surface area contributed by atoms with E-state index in [2.05, 4.69) is 36.5 Å². The fourth-order valence-electron chi connectivity index (χ4n) is 1.88. The molecule has 0 amide bonds. The monoisotopic (exact) mass is 178 g/mol. The highest BCUT2D eigenvalue weighted by atomic mass is 15.1. The molecule has 1 atom stereocenters. The SMILES string of the molecule is CC1CCn2cc(C(C)C)nc2C1. The van der Waals surface area contributed by atoms with Gasteiger partial charge in [0.15, 0.2) is 0 Å². The number of aryl methyl sites for hydroxylation is 1. The molecule has 0 N–H and O–H groups in total. The van der Waals surface area contributed by atoms with Crippen LogP contribution in [0.5, 0.6) is 0 Å². The quantitative estimate of drug-likeness (QED) is 0.646. The molecular weight excluding hydrogens is 160 g/mol. The molecule has 2 heterocycles. The Morgan fingerprint density at radius 2 is 2.31 bits per heavy atom. The van der Waals surface area contributed by atoms with Crippen molar-refractivity contribution in [3.63, 3.8) is 0 Å². The van der Waals surface area contributed by atoms with Crippen LogP contribution in [-0.4, -0.2) is 9.55 Å². The molecule has 1 unspecified atom stereocenters. The van der Waals surface area contributed by atoms with E-state index in [9.17, 15) is 0 Å². The lowest BCUT2D eigenvalue weighted by atomic mass is 10.0.